The Kier molecular flexibility index (Phi) is 4.00. The number of thioether (sulfide) groups is 1. The van der Waals surface area contributed by atoms with Crippen LogP contribution in [0.5, 0.6) is 0 Å². The molecule has 0 fully saturated rings. The van der Waals surface area contributed by atoms with Crippen LogP contribution in [-0.4, -0.2) is 15.9 Å². The van der Waals surface area contributed by atoms with E-state index in [9.17, 15) is 0 Å². The molecule has 0 N–H and O–H groups in total. The van der Waals surface area contributed by atoms with E-state index in [0.717, 1.165) is 22.6 Å². The third kappa shape index (κ3) is 2.71. The summed E-state index contributed by atoms with van der Waals surface area (Å²) in [5.41, 5.74) is 2.49. The van der Waals surface area contributed by atoms with Crippen molar-refractivity contribution >= 4 is 11.8 Å². The highest BCUT2D eigenvalue weighted by molar-refractivity contribution is 7.98. The number of hydrogen-bond acceptors (Lipinski definition) is 5. The molecule has 0 amide bonds. The van der Waals surface area contributed by atoms with E-state index in [1.54, 1.807) is 17.8 Å². The Morgan fingerprint density at radius 3 is 2.94 bits per heavy atom. The maximum Gasteiger partial charge on any atom is 0.258 e. The summed E-state index contributed by atoms with van der Waals surface area (Å²) in [4.78, 5) is 4.35. The zero-order chi connectivity index (χ0) is 13.0. The van der Waals surface area contributed by atoms with Gasteiger partial charge in [0.05, 0.1) is 17.4 Å². The molecule has 0 aliphatic carbocycles. The van der Waals surface area contributed by atoms with Gasteiger partial charge in [0.25, 0.3) is 5.89 Å². The van der Waals surface area contributed by atoms with Crippen molar-refractivity contribution in [2.24, 2.45) is 0 Å². The molecular weight excluding hydrogens is 246 g/mol. The standard InChI is InChI=1S/C13H13N3OS/c1-3-18-8-12-15-13(17-16-12)11-5-4-10(7-14)6-9(11)2/h4-6H,3,8H2,1-2H3. The maximum atomic E-state index is 8.82. The largest absolute Gasteiger partial charge is 0.334 e. The molecule has 18 heavy (non-hydrogen) atoms. The van der Waals surface area contributed by atoms with E-state index in [4.69, 9.17) is 9.78 Å². The number of rotatable bonds is 4. The second-order valence-electron chi connectivity index (χ2n) is 3.79. The molecule has 0 bridgehead atoms. The highest BCUT2D eigenvalue weighted by Gasteiger charge is 2.11. The van der Waals surface area contributed by atoms with Crippen LogP contribution in [0.3, 0.4) is 0 Å². The van der Waals surface area contributed by atoms with Crippen LogP contribution < -0.4 is 0 Å². The normalized spacial score (nSPS) is 10.3. The maximum absolute atomic E-state index is 8.82. The van der Waals surface area contributed by atoms with Crippen LogP contribution in [0.15, 0.2) is 22.7 Å². The number of hydrogen-bond donors (Lipinski definition) is 0. The monoisotopic (exact) mass is 259 g/mol. The average Bonchev–Trinajstić information content (AvgIpc) is 2.84. The first kappa shape index (κ1) is 12.7. The molecule has 2 rings (SSSR count). The van der Waals surface area contributed by atoms with Gasteiger partial charge in [0, 0.05) is 5.56 Å². The third-order valence-electron chi connectivity index (χ3n) is 2.49. The summed E-state index contributed by atoms with van der Waals surface area (Å²) < 4.78 is 5.24. The van der Waals surface area contributed by atoms with E-state index >= 15 is 0 Å². The molecule has 0 spiro atoms. The molecule has 0 unspecified atom stereocenters. The summed E-state index contributed by atoms with van der Waals surface area (Å²) in [5, 5.41) is 12.8. The molecule has 0 saturated heterocycles. The van der Waals surface area contributed by atoms with Crippen molar-refractivity contribution in [3.63, 3.8) is 0 Å². The lowest BCUT2D eigenvalue weighted by molar-refractivity contribution is 0.425. The second-order valence-corrected chi connectivity index (χ2v) is 5.07. The van der Waals surface area contributed by atoms with Gasteiger partial charge in [-0.05, 0) is 36.4 Å². The van der Waals surface area contributed by atoms with Crippen molar-refractivity contribution < 1.29 is 4.52 Å². The molecule has 0 saturated carbocycles. The number of benzene rings is 1. The van der Waals surface area contributed by atoms with Gasteiger partial charge in [-0.25, -0.2) is 0 Å². The molecule has 4 nitrogen and oxygen atoms in total. The number of nitriles is 1. The Hall–Kier alpha value is -1.80. The summed E-state index contributed by atoms with van der Waals surface area (Å²) in [6.07, 6.45) is 0. The lowest BCUT2D eigenvalue weighted by Crippen LogP contribution is -1.87. The van der Waals surface area contributed by atoms with Crippen molar-refractivity contribution in [3.8, 4) is 17.5 Å². The van der Waals surface area contributed by atoms with Crippen LogP contribution in [0.25, 0.3) is 11.5 Å². The summed E-state index contributed by atoms with van der Waals surface area (Å²) in [6.45, 7) is 4.03. The predicted octanol–water partition coefficient (Wildman–Crippen LogP) is 3.17. The Morgan fingerprint density at radius 2 is 2.28 bits per heavy atom. The minimum Gasteiger partial charge on any atom is -0.334 e. The van der Waals surface area contributed by atoms with Gasteiger partial charge in [-0.3, -0.25) is 0 Å². The van der Waals surface area contributed by atoms with Crippen LogP contribution in [0.4, 0.5) is 0 Å². The second kappa shape index (κ2) is 5.69. The first-order chi connectivity index (χ1) is 8.74. The first-order valence-electron chi connectivity index (χ1n) is 5.66. The molecule has 2 aromatic rings. The van der Waals surface area contributed by atoms with Crippen molar-refractivity contribution in [2.45, 2.75) is 19.6 Å². The van der Waals surface area contributed by atoms with E-state index in [1.165, 1.54) is 0 Å². The van der Waals surface area contributed by atoms with Gasteiger partial charge in [-0.2, -0.15) is 22.0 Å². The van der Waals surface area contributed by atoms with Gasteiger partial charge < -0.3 is 4.52 Å². The van der Waals surface area contributed by atoms with Gasteiger partial charge in [0.2, 0.25) is 0 Å². The molecule has 1 aromatic carbocycles. The lowest BCUT2D eigenvalue weighted by Gasteiger charge is -1.99. The summed E-state index contributed by atoms with van der Waals surface area (Å²) in [5.74, 6) is 3.01. The fraction of sp³-hybridized carbons (Fsp3) is 0.308. The Morgan fingerprint density at radius 1 is 1.44 bits per heavy atom. The summed E-state index contributed by atoms with van der Waals surface area (Å²) in [6, 6.07) is 7.53. The molecule has 5 heteroatoms. The Labute approximate surface area is 110 Å². The lowest BCUT2D eigenvalue weighted by atomic mass is 10.1. The molecule has 0 aliphatic rings. The third-order valence-corrected chi connectivity index (χ3v) is 3.36. The SMILES string of the molecule is CCSCc1noc(-c2ccc(C#N)cc2C)n1. The zero-order valence-corrected chi connectivity index (χ0v) is 11.1. The van der Waals surface area contributed by atoms with Gasteiger partial charge in [0.15, 0.2) is 5.82 Å². The van der Waals surface area contributed by atoms with E-state index in [0.29, 0.717) is 17.3 Å². The van der Waals surface area contributed by atoms with Gasteiger partial charge in [0.1, 0.15) is 0 Å². The fourth-order valence-corrected chi connectivity index (χ4v) is 2.09. The molecule has 92 valence electrons. The highest BCUT2D eigenvalue weighted by atomic mass is 32.2. The van der Waals surface area contributed by atoms with E-state index < -0.39 is 0 Å². The van der Waals surface area contributed by atoms with Crippen molar-refractivity contribution in [2.75, 3.05) is 5.75 Å². The van der Waals surface area contributed by atoms with Crippen LogP contribution in [0, 0.1) is 18.3 Å². The van der Waals surface area contributed by atoms with Gasteiger partial charge in [-0.1, -0.05) is 12.1 Å². The highest BCUT2D eigenvalue weighted by Crippen LogP contribution is 2.23. The molecule has 1 heterocycles. The molecule has 0 atom stereocenters. The first-order valence-corrected chi connectivity index (χ1v) is 6.81. The molecular formula is C13H13N3OS. The summed E-state index contributed by atoms with van der Waals surface area (Å²) in [7, 11) is 0. The number of nitrogens with zero attached hydrogens (tertiary/aromatic N) is 3. The summed E-state index contributed by atoms with van der Waals surface area (Å²) >= 11 is 1.75. The van der Waals surface area contributed by atoms with Gasteiger partial charge in [-0.15, -0.1) is 0 Å². The quantitative estimate of drug-likeness (QED) is 0.843. The van der Waals surface area contributed by atoms with Crippen LogP contribution >= 0.6 is 11.8 Å². The van der Waals surface area contributed by atoms with Gasteiger partial charge >= 0.3 is 0 Å². The molecule has 0 aliphatic heterocycles. The van der Waals surface area contributed by atoms with Crippen LogP contribution in [0.1, 0.15) is 23.9 Å². The zero-order valence-electron chi connectivity index (χ0n) is 10.3. The smallest absolute Gasteiger partial charge is 0.258 e. The number of aryl methyl sites for hydroxylation is 1. The topological polar surface area (TPSA) is 62.7 Å². The fourth-order valence-electron chi connectivity index (χ4n) is 1.59. The predicted molar refractivity (Wildman–Crippen MR) is 71.0 cm³/mol. The van der Waals surface area contributed by atoms with Crippen molar-refractivity contribution in [1.82, 2.24) is 10.1 Å². The molecule has 0 radical (unpaired) electrons. The van der Waals surface area contributed by atoms with Crippen molar-refractivity contribution in [3.05, 3.63) is 35.2 Å². The minimum atomic E-state index is 0.517. The average molecular weight is 259 g/mol. The van der Waals surface area contributed by atoms with E-state index in [-0.39, 0.29) is 0 Å². The van der Waals surface area contributed by atoms with E-state index in [2.05, 4.69) is 23.1 Å². The molecule has 1 aromatic heterocycles. The van der Waals surface area contributed by atoms with Crippen LogP contribution in [-0.2, 0) is 5.75 Å². The Balaban J connectivity index is 2.26. The minimum absolute atomic E-state index is 0.517. The van der Waals surface area contributed by atoms with E-state index in [1.807, 2.05) is 19.1 Å². The number of aromatic nitrogens is 2. The van der Waals surface area contributed by atoms with Crippen LogP contribution in [0.2, 0.25) is 0 Å². The Bertz CT molecular complexity index is 586. The van der Waals surface area contributed by atoms with Crippen molar-refractivity contribution in [1.29, 1.82) is 5.26 Å².